The molecular formula is C10H8N4O4. The number of carboxylic acid groups (broad SMARTS) is 1. The van der Waals surface area contributed by atoms with Gasteiger partial charge in [0.15, 0.2) is 0 Å². The van der Waals surface area contributed by atoms with Crippen LogP contribution >= 0.6 is 0 Å². The molecule has 0 saturated heterocycles. The molecule has 8 heteroatoms. The van der Waals surface area contributed by atoms with E-state index >= 15 is 0 Å². The second-order valence-electron chi connectivity index (χ2n) is 3.99. The third-order valence-corrected chi connectivity index (χ3v) is 2.86. The Balaban J connectivity index is 2.31. The Bertz CT molecular complexity index is 729. The molecule has 1 unspecified atom stereocenters. The predicted octanol–water partition coefficient (Wildman–Crippen LogP) is -0.307. The summed E-state index contributed by atoms with van der Waals surface area (Å²) in [5, 5.41) is 11.3. The van der Waals surface area contributed by atoms with Gasteiger partial charge in [0.2, 0.25) is 5.91 Å². The summed E-state index contributed by atoms with van der Waals surface area (Å²) in [5.41, 5.74) is 0.826. The first-order valence-electron chi connectivity index (χ1n) is 5.19. The summed E-state index contributed by atoms with van der Waals surface area (Å²) in [4.78, 5) is 40.8. The number of rotatable bonds is 2. The van der Waals surface area contributed by atoms with Crippen LogP contribution < -0.4 is 11.0 Å². The van der Waals surface area contributed by atoms with Gasteiger partial charge in [0.25, 0.3) is 0 Å². The minimum Gasteiger partial charge on any atom is -0.481 e. The van der Waals surface area contributed by atoms with Gasteiger partial charge in [0.1, 0.15) is 6.04 Å². The molecule has 0 radical (unpaired) electrons. The van der Waals surface area contributed by atoms with Gasteiger partial charge in [-0.05, 0) is 0 Å². The molecule has 0 saturated carbocycles. The molecule has 18 heavy (non-hydrogen) atoms. The van der Waals surface area contributed by atoms with Gasteiger partial charge in [0.05, 0.1) is 35.5 Å². The number of hydrogen-bond acceptors (Lipinski definition) is 4. The Morgan fingerprint density at radius 1 is 1.44 bits per heavy atom. The molecule has 3 rings (SSSR count). The van der Waals surface area contributed by atoms with Crippen molar-refractivity contribution in [2.75, 3.05) is 5.32 Å². The molecule has 0 aliphatic carbocycles. The van der Waals surface area contributed by atoms with Crippen LogP contribution in [0.15, 0.2) is 17.2 Å². The van der Waals surface area contributed by atoms with E-state index in [-0.39, 0.29) is 0 Å². The molecule has 2 aromatic rings. The largest absolute Gasteiger partial charge is 0.481 e. The Kier molecular flexibility index (Phi) is 2.00. The van der Waals surface area contributed by atoms with Crippen molar-refractivity contribution in [2.45, 2.75) is 12.5 Å². The van der Waals surface area contributed by atoms with Crippen LogP contribution in [0.2, 0.25) is 0 Å². The van der Waals surface area contributed by atoms with Crippen molar-refractivity contribution in [2.24, 2.45) is 0 Å². The summed E-state index contributed by atoms with van der Waals surface area (Å²) in [6.07, 6.45) is 2.42. The zero-order chi connectivity index (χ0) is 12.9. The zero-order valence-electron chi connectivity index (χ0n) is 9.01. The van der Waals surface area contributed by atoms with Crippen LogP contribution in [-0.4, -0.2) is 31.5 Å². The summed E-state index contributed by atoms with van der Waals surface area (Å²) in [5.74, 6) is -1.67. The minimum absolute atomic E-state index is 0.400. The number of carboxylic acids is 1. The summed E-state index contributed by atoms with van der Waals surface area (Å²) in [6, 6.07) is -1.04. The van der Waals surface area contributed by atoms with Crippen LogP contribution in [0.5, 0.6) is 0 Å². The van der Waals surface area contributed by atoms with E-state index in [9.17, 15) is 14.4 Å². The van der Waals surface area contributed by atoms with Gasteiger partial charge in [-0.1, -0.05) is 0 Å². The second-order valence-corrected chi connectivity index (χ2v) is 3.99. The molecule has 0 aromatic carbocycles. The first-order chi connectivity index (χ1) is 8.58. The SMILES string of the molecule is O=C(O)CC1C(=O)Nc2cncc3[nH]c(=O)n1c23. The van der Waals surface area contributed by atoms with Crippen molar-refractivity contribution in [3.8, 4) is 0 Å². The van der Waals surface area contributed by atoms with Crippen molar-refractivity contribution in [1.29, 1.82) is 0 Å². The number of pyridine rings is 1. The van der Waals surface area contributed by atoms with Gasteiger partial charge >= 0.3 is 11.7 Å². The van der Waals surface area contributed by atoms with E-state index in [0.717, 1.165) is 0 Å². The maximum Gasteiger partial charge on any atom is 0.327 e. The average molecular weight is 248 g/mol. The highest BCUT2D eigenvalue weighted by atomic mass is 16.4. The number of carbonyl (C=O) groups excluding carboxylic acids is 1. The number of H-pyrrole nitrogens is 1. The van der Waals surface area contributed by atoms with E-state index in [0.29, 0.717) is 16.7 Å². The van der Waals surface area contributed by atoms with Crippen LogP contribution in [0.3, 0.4) is 0 Å². The molecule has 8 nitrogen and oxygen atoms in total. The smallest absolute Gasteiger partial charge is 0.327 e. The highest BCUT2D eigenvalue weighted by molar-refractivity contribution is 6.05. The molecule has 1 amide bonds. The molecule has 1 atom stereocenters. The standard InChI is InChI=1S/C10H8N4O4/c15-7(16)1-6-9(17)12-4-2-11-3-5-8(4)14(6)10(18)13-5/h2-3,6H,1H2,(H,12,17)(H,13,18)(H,15,16). The zero-order valence-corrected chi connectivity index (χ0v) is 9.01. The topological polar surface area (TPSA) is 117 Å². The quantitative estimate of drug-likeness (QED) is 0.674. The molecule has 3 heterocycles. The molecule has 2 aromatic heterocycles. The van der Waals surface area contributed by atoms with Gasteiger partial charge in [-0.15, -0.1) is 0 Å². The number of carbonyl (C=O) groups is 2. The van der Waals surface area contributed by atoms with Crippen LogP contribution in [0.4, 0.5) is 5.69 Å². The van der Waals surface area contributed by atoms with Crippen molar-refractivity contribution in [3.63, 3.8) is 0 Å². The normalized spacial score (nSPS) is 17.8. The van der Waals surface area contributed by atoms with Crippen LogP contribution in [0, 0.1) is 0 Å². The van der Waals surface area contributed by atoms with Crippen molar-refractivity contribution < 1.29 is 14.7 Å². The second kappa shape index (κ2) is 3.42. The molecule has 1 aliphatic rings. The minimum atomic E-state index is -1.14. The number of anilines is 1. The fraction of sp³-hybridized carbons (Fsp3) is 0.200. The lowest BCUT2D eigenvalue weighted by atomic mass is 10.1. The number of aliphatic carboxylic acids is 1. The van der Waals surface area contributed by atoms with Crippen molar-refractivity contribution in [3.05, 3.63) is 22.9 Å². The van der Waals surface area contributed by atoms with Crippen LogP contribution in [0.1, 0.15) is 12.5 Å². The van der Waals surface area contributed by atoms with Gasteiger partial charge in [-0.25, -0.2) is 4.79 Å². The Hall–Kier alpha value is -2.64. The number of nitrogens with zero attached hydrogens (tertiary/aromatic N) is 2. The van der Waals surface area contributed by atoms with E-state index in [2.05, 4.69) is 15.3 Å². The van der Waals surface area contributed by atoms with E-state index in [1.807, 2.05) is 0 Å². The van der Waals surface area contributed by atoms with Crippen molar-refractivity contribution >= 4 is 28.6 Å². The highest BCUT2D eigenvalue weighted by Crippen LogP contribution is 2.29. The molecular weight excluding hydrogens is 240 g/mol. The maximum atomic E-state index is 11.8. The molecule has 1 aliphatic heterocycles. The van der Waals surface area contributed by atoms with Crippen molar-refractivity contribution in [1.82, 2.24) is 14.5 Å². The van der Waals surface area contributed by atoms with Gasteiger partial charge in [-0.2, -0.15) is 0 Å². The lowest BCUT2D eigenvalue weighted by Gasteiger charge is -2.22. The third-order valence-electron chi connectivity index (χ3n) is 2.86. The van der Waals surface area contributed by atoms with Gasteiger partial charge in [-0.3, -0.25) is 19.1 Å². The van der Waals surface area contributed by atoms with E-state index < -0.39 is 30.0 Å². The fourth-order valence-corrected chi connectivity index (χ4v) is 2.15. The summed E-state index contributed by atoms with van der Waals surface area (Å²) in [7, 11) is 0. The Morgan fingerprint density at radius 3 is 2.94 bits per heavy atom. The number of amides is 1. The first kappa shape index (κ1) is 10.5. The lowest BCUT2D eigenvalue weighted by molar-refractivity contribution is -0.139. The fourth-order valence-electron chi connectivity index (χ4n) is 2.15. The van der Waals surface area contributed by atoms with E-state index in [1.165, 1.54) is 17.0 Å². The molecule has 0 fully saturated rings. The lowest BCUT2D eigenvalue weighted by Crippen LogP contribution is -2.36. The predicted molar refractivity (Wildman–Crippen MR) is 60.3 cm³/mol. The number of aromatic amines is 1. The number of nitrogens with one attached hydrogen (secondary N) is 2. The summed E-state index contributed by atoms with van der Waals surface area (Å²) < 4.78 is 1.17. The maximum absolute atomic E-state index is 11.8. The summed E-state index contributed by atoms with van der Waals surface area (Å²) >= 11 is 0. The molecule has 92 valence electrons. The van der Waals surface area contributed by atoms with Gasteiger partial charge in [0, 0.05) is 0 Å². The molecule has 3 N–H and O–H groups in total. The average Bonchev–Trinajstić information content (AvgIpc) is 2.62. The third kappa shape index (κ3) is 1.32. The van der Waals surface area contributed by atoms with Crippen LogP contribution in [0.25, 0.3) is 11.0 Å². The Morgan fingerprint density at radius 2 is 2.22 bits per heavy atom. The van der Waals surface area contributed by atoms with Crippen LogP contribution in [-0.2, 0) is 9.59 Å². The summed E-state index contributed by atoms with van der Waals surface area (Å²) in [6.45, 7) is 0. The van der Waals surface area contributed by atoms with Gasteiger partial charge < -0.3 is 15.4 Å². The Labute approximate surface area is 99.3 Å². The number of hydrogen-bond donors (Lipinski definition) is 3. The monoisotopic (exact) mass is 248 g/mol. The highest BCUT2D eigenvalue weighted by Gasteiger charge is 2.32. The van der Waals surface area contributed by atoms with E-state index in [1.54, 1.807) is 0 Å². The number of aromatic nitrogens is 3. The molecule has 0 bridgehead atoms. The molecule has 0 spiro atoms. The first-order valence-corrected chi connectivity index (χ1v) is 5.19. The number of imidazole rings is 1. The van der Waals surface area contributed by atoms with E-state index in [4.69, 9.17) is 5.11 Å².